The molecule has 0 radical (unpaired) electrons. The molecule has 0 aromatic rings. The molecule has 4 unspecified atom stereocenters. The summed E-state index contributed by atoms with van der Waals surface area (Å²) in [7, 11) is -4.05. The first kappa shape index (κ1) is 14.9. The van der Waals surface area contributed by atoms with Crippen molar-refractivity contribution in [3.63, 3.8) is 0 Å². The van der Waals surface area contributed by atoms with E-state index in [4.69, 9.17) is 10.3 Å². The van der Waals surface area contributed by atoms with Gasteiger partial charge in [0.25, 0.3) is 10.1 Å². The van der Waals surface area contributed by atoms with E-state index in [-0.39, 0.29) is 0 Å². The molecule has 17 heavy (non-hydrogen) atoms. The maximum Gasteiger partial charge on any atom is 0.280 e. The van der Waals surface area contributed by atoms with Crippen molar-refractivity contribution >= 4 is 10.1 Å². The van der Waals surface area contributed by atoms with Gasteiger partial charge in [-0.3, -0.25) is 4.55 Å². The summed E-state index contributed by atoms with van der Waals surface area (Å²) in [5, 5.41) is -1.11. The van der Waals surface area contributed by atoms with Crippen molar-refractivity contribution in [3.8, 4) is 0 Å². The van der Waals surface area contributed by atoms with E-state index < -0.39 is 15.5 Å². The molecule has 1 rings (SSSR count). The Morgan fingerprint density at radius 3 is 2.59 bits per heavy atom. The van der Waals surface area contributed by atoms with Crippen LogP contribution in [-0.2, 0) is 10.1 Å². The Labute approximate surface area is 105 Å². The monoisotopic (exact) mass is 263 g/mol. The second-order valence-electron chi connectivity index (χ2n) is 5.51. The summed E-state index contributed by atoms with van der Waals surface area (Å²) in [6.45, 7) is 4.58. The van der Waals surface area contributed by atoms with Crippen molar-refractivity contribution in [1.82, 2.24) is 0 Å². The molecule has 102 valence electrons. The molecule has 0 amide bonds. The maximum atomic E-state index is 10.8. The highest BCUT2D eigenvalue weighted by molar-refractivity contribution is 7.86. The molecule has 0 bridgehead atoms. The van der Waals surface area contributed by atoms with Gasteiger partial charge in [0.05, 0.1) is 0 Å². The minimum atomic E-state index is -4.05. The molecule has 0 spiro atoms. The van der Waals surface area contributed by atoms with Crippen LogP contribution >= 0.6 is 0 Å². The molecule has 1 saturated carbocycles. The average Bonchev–Trinajstić information content (AvgIpc) is 2.22. The molecule has 0 aromatic heterocycles. The highest BCUT2D eigenvalue weighted by Crippen LogP contribution is 2.37. The van der Waals surface area contributed by atoms with E-state index in [2.05, 4.69) is 13.8 Å². The fourth-order valence-electron chi connectivity index (χ4n) is 2.83. The van der Waals surface area contributed by atoms with Crippen molar-refractivity contribution in [2.45, 2.75) is 57.7 Å². The van der Waals surface area contributed by atoms with Gasteiger partial charge in [-0.05, 0) is 24.2 Å². The van der Waals surface area contributed by atoms with E-state index in [1.165, 1.54) is 19.3 Å². The Bertz CT molecular complexity index is 329. The van der Waals surface area contributed by atoms with Gasteiger partial charge in [-0.15, -0.1) is 0 Å². The predicted octanol–water partition coefficient (Wildman–Crippen LogP) is 2.40. The van der Waals surface area contributed by atoms with E-state index in [1.54, 1.807) is 0 Å². The van der Waals surface area contributed by atoms with Crippen LogP contribution in [0, 0.1) is 17.8 Å². The Hall–Kier alpha value is -0.130. The third kappa shape index (κ3) is 4.56. The largest absolute Gasteiger partial charge is 0.313 e. The SMILES string of the molecule is CC1CCCC(CCCC(N)S(=O)(=O)O)C1C. The van der Waals surface area contributed by atoms with Crippen LogP contribution in [-0.4, -0.2) is 18.3 Å². The summed E-state index contributed by atoms with van der Waals surface area (Å²) < 4.78 is 30.3. The minimum absolute atomic E-state index is 0.358. The van der Waals surface area contributed by atoms with Crippen LogP contribution in [0.15, 0.2) is 0 Å². The lowest BCUT2D eigenvalue weighted by Gasteiger charge is -2.34. The first-order valence-corrected chi connectivity index (χ1v) is 8.04. The van der Waals surface area contributed by atoms with Gasteiger partial charge in [-0.1, -0.05) is 46.0 Å². The van der Waals surface area contributed by atoms with Crippen LogP contribution in [0.1, 0.15) is 52.4 Å². The summed E-state index contributed by atoms with van der Waals surface area (Å²) >= 11 is 0. The van der Waals surface area contributed by atoms with Crippen molar-refractivity contribution in [1.29, 1.82) is 0 Å². The first-order chi connectivity index (χ1) is 7.82. The standard InChI is InChI=1S/C12H25NO3S/c1-9-5-3-6-11(10(9)2)7-4-8-12(13)17(14,15)16/h9-12H,3-8,13H2,1-2H3,(H,14,15,16). The van der Waals surface area contributed by atoms with E-state index >= 15 is 0 Å². The molecule has 1 fully saturated rings. The molecule has 1 aliphatic rings. The van der Waals surface area contributed by atoms with Crippen molar-refractivity contribution in [2.75, 3.05) is 0 Å². The van der Waals surface area contributed by atoms with Gasteiger partial charge in [0.1, 0.15) is 5.37 Å². The third-order valence-corrected chi connectivity index (χ3v) is 5.32. The summed E-state index contributed by atoms with van der Waals surface area (Å²) in [5.74, 6) is 2.17. The lowest BCUT2D eigenvalue weighted by atomic mass is 9.72. The lowest BCUT2D eigenvalue weighted by Crippen LogP contribution is -2.30. The van der Waals surface area contributed by atoms with Crippen molar-refractivity contribution in [3.05, 3.63) is 0 Å². The normalized spacial score (nSPS) is 32.4. The average molecular weight is 263 g/mol. The molecule has 0 heterocycles. The molecule has 4 atom stereocenters. The minimum Gasteiger partial charge on any atom is -0.313 e. The van der Waals surface area contributed by atoms with E-state index in [0.29, 0.717) is 18.3 Å². The summed E-state index contributed by atoms with van der Waals surface area (Å²) in [6.07, 6.45) is 5.99. The second-order valence-corrected chi connectivity index (χ2v) is 7.15. The van der Waals surface area contributed by atoms with Crippen LogP contribution in [0.25, 0.3) is 0 Å². The molecule has 3 N–H and O–H groups in total. The summed E-state index contributed by atoms with van der Waals surface area (Å²) in [6, 6.07) is 0. The Morgan fingerprint density at radius 2 is 2.00 bits per heavy atom. The molecule has 4 nitrogen and oxygen atoms in total. The van der Waals surface area contributed by atoms with Crippen LogP contribution in [0.3, 0.4) is 0 Å². The van der Waals surface area contributed by atoms with Gasteiger partial charge in [0.2, 0.25) is 0 Å². The van der Waals surface area contributed by atoms with Crippen molar-refractivity contribution < 1.29 is 13.0 Å². The fraction of sp³-hybridized carbons (Fsp3) is 1.00. The van der Waals surface area contributed by atoms with E-state index in [1.807, 2.05) is 0 Å². The molecule has 1 aliphatic carbocycles. The van der Waals surface area contributed by atoms with Crippen LogP contribution in [0.2, 0.25) is 0 Å². The van der Waals surface area contributed by atoms with Gasteiger partial charge < -0.3 is 5.73 Å². The number of nitrogens with two attached hydrogens (primary N) is 1. The Balaban J connectivity index is 2.31. The zero-order chi connectivity index (χ0) is 13.1. The molecule has 5 heteroatoms. The fourth-order valence-corrected chi connectivity index (χ4v) is 3.29. The molecular formula is C12H25NO3S. The van der Waals surface area contributed by atoms with Crippen molar-refractivity contribution in [2.24, 2.45) is 23.5 Å². The zero-order valence-electron chi connectivity index (χ0n) is 10.8. The third-order valence-electron chi connectivity index (χ3n) is 4.32. The first-order valence-electron chi connectivity index (χ1n) is 6.54. The molecule has 0 aliphatic heterocycles. The number of hydrogen-bond acceptors (Lipinski definition) is 3. The second kappa shape index (κ2) is 6.16. The topological polar surface area (TPSA) is 80.4 Å². The van der Waals surface area contributed by atoms with Gasteiger partial charge in [0, 0.05) is 0 Å². The quantitative estimate of drug-likeness (QED) is 0.746. The van der Waals surface area contributed by atoms with Crippen LogP contribution in [0.4, 0.5) is 0 Å². The van der Waals surface area contributed by atoms with Gasteiger partial charge in [0.15, 0.2) is 0 Å². The number of rotatable bonds is 5. The molecule has 0 aromatic carbocycles. The Morgan fingerprint density at radius 1 is 1.35 bits per heavy atom. The van der Waals surface area contributed by atoms with Crippen LogP contribution in [0.5, 0.6) is 0 Å². The highest BCUT2D eigenvalue weighted by Gasteiger charge is 2.27. The van der Waals surface area contributed by atoms with E-state index in [0.717, 1.165) is 18.8 Å². The van der Waals surface area contributed by atoms with Gasteiger partial charge in [-0.2, -0.15) is 8.42 Å². The number of hydrogen-bond donors (Lipinski definition) is 2. The molecule has 0 saturated heterocycles. The predicted molar refractivity (Wildman–Crippen MR) is 69.0 cm³/mol. The Kier molecular flexibility index (Phi) is 5.41. The lowest BCUT2D eigenvalue weighted by molar-refractivity contribution is 0.169. The van der Waals surface area contributed by atoms with Gasteiger partial charge >= 0.3 is 0 Å². The summed E-state index contributed by atoms with van der Waals surface area (Å²) in [4.78, 5) is 0. The van der Waals surface area contributed by atoms with Crippen LogP contribution < -0.4 is 5.73 Å². The van der Waals surface area contributed by atoms with Gasteiger partial charge in [-0.25, -0.2) is 0 Å². The zero-order valence-corrected chi connectivity index (χ0v) is 11.6. The smallest absolute Gasteiger partial charge is 0.280 e. The maximum absolute atomic E-state index is 10.8. The highest BCUT2D eigenvalue weighted by atomic mass is 32.2. The van der Waals surface area contributed by atoms with E-state index in [9.17, 15) is 8.42 Å². The molecular weight excluding hydrogens is 238 g/mol. The summed E-state index contributed by atoms with van der Waals surface area (Å²) in [5.41, 5.74) is 5.39.